The van der Waals surface area contributed by atoms with Crippen LogP contribution in [0.3, 0.4) is 0 Å². The lowest BCUT2D eigenvalue weighted by Crippen LogP contribution is -2.30. The Bertz CT molecular complexity index is 2670. The lowest BCUT2D eigenvalue weighted by atomic mass is 9.79. The van der Waals surface area contributed by atoms with Gasteiger partial charge in [-0.2, -0.15) is 10.5 Å². The number of rotatable bonds is 6. The van der Waals surface area contributed by atoms with Gasteiger partial charge in [-0.25, -0.2) is 0 Å². The molecule has 0 aromatic heterocycles. The van der Waals surface area contributed by atoms with Gasteiger partial charge in [0, 0.05) is 28.8 Å². The Hall–Kier alpha value is -6.94. The van der Waals surface area contributed by atoms with E-state index in [2.05, 4.69) is 175 Å². The van der Waals surface area contributed by atoms with Crippen LogP contribution in [0.5, 0.6) is 0 Å². The Morgan fingerprint density at radius 3 is 1.72 bits per heavy atom. The number of nitrogens with zero attached hydrogens (tertiary/aromatic N) is 3. The quantitative estimate of drug-likeness (QED) is 0.176. The number of benzene rings is 6. The monoisotopic (exact) mass is 677 g/mol. The van der Waals surface area contributed by atoms with E-state index < -0.39 is 0 Å². The molecule has 0 spiro atoms. The Labute approximate surface area is 310 Å². The lowest BCUT2D eigenvalue weighted by Gasteiger charge is -2.34. The van der Waals surface area contributed by atoms with Crippen LogP contribution in [-0.2, 0) is 0 Å². The first-order valence-electron chi connectivity index (χ1n) is 18.1. The summed E-state index contributed by atoms with van der Waals surface area (Å²) in [5.74, 6) is 0.509. The molecule has 250 valence electrons. The highest BCUT2D eigenvalue weighted by molar-refractivity contribution is 5.89. The van der Waals surface area contributed by atoms with Crippen LogP contribution in [0.25, 0.3) is 43.8 Å². The lowest BCUT2D eigenvalue weighted by molar-refractivity contribution is 0.652. The van der Waals surface area contributed by atoms with Gasteiger partial charge in [0.25, 0.3) is 0 Å². The van der Waals surface area contributed by atoms with E-state index in [4.69, 9.17) is 0 Å². The standard InChI is InChI=1S/C50H35N3/c51-32-34-5-7-46-30-44(13-11-41(46)27-34)38-17-23-49(24-18-38)53(48-21-15-37(16-22-48)43-10-9-36-3-1-2-4-40(36)29-43)50-25-19-39(20-26-50)45-14-12-42-28-35(33-52)6-8-47(42)31-45/h1-25,27-31,42,47,50H,26H2. The van der Waals surface area contributed by atoms with Gasteiger partial charge >= 0.3 is 0 Å². The van der Waals surface area contributed by atoms with Gasteiger partial charge in [0.15, 0.2) is 0 Å². The second-order valence-corrected chi connectivity index (χ2v) is 14.0. The molecule has 6 aromatic rings. The highest BCUT2D eigenvalue weighted by Crippen LogP contribution is 2.38. The van der Waals surface area contributed by atoms with Crippen LogP contribution in [-0.4, -0.2) is 6.04 Å². The fraction of sp³-hybridized carbons (Fsp3) is 0.0800. The van der Waals surface area contributed by atoms with Crippen LogP contribution >= 0.6 is 0 Å². The van der Waals surface area contributed by atoms with Crippen molar-refractivity contribution in [2.24, 2.45) is 11.8 Å². The topological polar surface area (TPSA) is 50.8 Å². The molecule has 0 amide bonds. The van der Waals surface area contributed by atoms with E-state index >= 15 is 0 Å². The molecule has 0 heterocycles. The molecule has 0 radical (unpaired) electrons. The maximum atomic E-state index is 9.35. The molecule has 3 nitrogen and oxygen atoms in total. The molecule has 0 fully saturated rings. The van der Waals surface area contributed by atoms with Gasteiger partial charge in [-0.3, -0.25) is 0 Å². The first kappa shape index (κ1) is 32.0. The molecule has 53 heavy (non-hydrogen) atoms. The normalized spacial score (nSPS) is 18.8. The largest absolute Gasteiger partial charge is 0.334 e. The van der Waals surface area contributed by atoms with Gasteiger partial charge in [0.05, 0.1) is 23.7 Å². The maximum Gasteiger partial charge on any atom is 0.0991 e. The van der Waals surface area contributed by atoms with Gasteiger partial charge < -0.3 is 4.90 Å². The Morgan fingerprint density at radius 1 is 0.491 bits per heavy atom. The predicted octanol–water partition coefficient (Wildman–Crippen LogP) is 12.3. The van der Waals surface area contributed by atoms with E-state index in [9.17, 15) is 10.5 Å². The van der Waals surface area contributed by atoms with Crippen molar-refractivity contribution in [3.8, 4) is 34.4 Å². The number of nitriles is 2. The molecule has 3 aliphatic rings. The smallest absolute Gasteiger partial charge is 0.0991 e. The Morgan fingerprint density at radius 2 is 1.06 bits per heavy atom. The fourth-order valence-corrected chi connectivity index (χ4v) is 7.85. The minimum atomic E-state index is 0.128. The molecular formula is C50H35N3. The molecule has 6 aromatic carbocycles. The first-order chi connectivity index (χ1) is 26.1. The molecule has 0 aliphatic heterocycles. The summed E-state index contributed by atoms with van der Waals surface area (Å²) in [6.45, 7) is 0. The third-order valence-corrected chi connectivity index (χ3v) is 10.7. The van der Waals surface area contributed by atoms with Gasteiger partial charge in [-0.15, -0.1) is 0 Å². The van der Waals surface area contributed by atoms with Crippen molar-refractivity contribution in [3.63, 3.8) is 0 Å². The summed E-state index contributed by atoms with van der Waals surface area (Å²) >= 11 is 0. The van der Waals surface area contributed by atoms with Crippen molar-refractivity contribution in [3.05, 3.63) is 204 Å². The van der Waals surface area contributed by atoms with E-state index in [1.165, 1.54) is 33.0 Å². The van der Waals surface area contributed by atoms with Crippen LogP contribution in [0.15, 0.2) is 199 Å². The molecule has 9 rings (SSSR count). The highest BCUT2D eigenvalue weighted by Gasteiger charge is 2.24. The number of fused-ring (bicyclic) bond motifs is 3. The average Bonchev–Trinajstić information content (AvgIpc) is 3.23. The summed E-state index contributed by atoms with van der Waals surface area (Å²) in [5, 5.41) is 23.3. The molecular weight excluding hydrogens is 643 g/mol. The molecule has 0 N–H and O–H groups in total. The second-order valence-electron chi connectivity index (χ2n) is 14.0. The predicted molar refractivity (Wildman–Crippen MR) is 218 cm³/mol. The zero-order chi connectivity index (χ0) is 35.7. The van der Waals surface area contributed by atoms with Crippen molar-refractivity contribution < 1.29 is 0 Å². The molecule has 0 saturated carbocycles. The third kappa shape index (κ3) is 6.31. The summed E-state index contributed by atoms with van der Waals surface area (Å²) in [6.07, 6.45) is 20.8. The highest BCUT2D eigenvalue weighted by atomic mass is 15.2. The van der Waals surface area contributed by atoms with E-state index in [0.717, 1.165) is 45.3 Å². The second kappa shape index (κ2) is 13.6. The zero-order valence-electron chi connectivity index (χ0n) is 29.1. The van der Waals surface area contributed by atoms with Crippen molar-refractivity contribution in [1.29, 1.82) is 10.5 Å². The van der Waals surface area contributed by atoms with Crippen LogP contribution < -0.4 is 4.90 Å². The van der Waals surface area contributed by atoms with Gasteiger partial charge in [-0.1, -0.05) is 127 Å². The summed E-state index contributed by atoms with van der Waals surface area (Å²) in [6, 6.07) is 49.9. The molecule has 3 unspecified atom stereocenters. The van der Waals surface area contributed by atoms with Gasteiger partial charge in [0.1, 0.15) is 0 Å². The maximum absolute atomic E-state index is 9.35. The Balaban J connectivity index is 1.02. The minimum Gasteiger partial charge on any atom is -0.334 e. The zero-order valence-corrected chi connectivity index (χ0v) is 29.1. The van der Waals surface area contributed by atoms with E-state index in [0.29, 0.717) is 5.56 Å². The van der Waals surface area contributed by atoms with Gasteiger partial charge in [0.2, 0.25) is 0 Å². The summed E-state index contributed by atoms with van der Waals surface area (Å²) in [7, 11) is 0. The van der Waals surface area contributed by atoms with Gasteiger partial charge in [-0.05, 0) is 116 Å². The van der Waals surface area contributed by atoms with Crippen molar-refractivity contribution in [1.82, 2.24) is 0 Å². The van der Waals surface area contributed by atoms with Crippen LogP contribution in [0.2, 0.25) is 0 Å². The number of hydrogen-bond acceptors (Lipinski definition) is 3. The van der Waals surface area contributed by atoms with Crippen LogP contribution in [0, 0.1) is 34.5 Å². The van der Waals surface area contributed by atoms with E-state index in [1.807, 2.05) is 24.3 Å². The molecule has 0 saturated heterocycles. The Kier molecular flexibility index (Phi) is 8.24. The van der Waals surface area contributed by atoms with Crippen molar-refractivity contribution >= 4 is 32.9 Å². The molecule has 3 atom stereocenters. The SMILES string of the molecule is N#CC1=CC2C=CC(C3=CCC(N(c4ccc(-c5ccc6ccccc6c5)cc4)c4ccc(-c5ccc6cc(C#N)ccc6c5)cc4)C=C3)=CC2C=C1. The number of hydrogen-bond donors (Lipinski definition) is 0. The van der Waals surface area contributed by atoms with E-state index in [-0.39, 0.29) is 17.9 Å². The first-order valence-corrected chi connectivity index (χ1v) is 18.1. The summed E-state index contributed by atoms with van der Waals surface area (Å²) in [4.78, 5) is 2.45. The average molecular weight is 678 g/mol. The minimum absolute atomic E-state index is 0.128. The van der Waals surface area contributed by atoms with Crippen LogP contribution in [0.1, 0.15) is 12.0 Å². The number of anilines is 2. The third-order valence-electron chi connectivity index (χ3n) is 10.7. The number of allylic oxidation sites excluding steroid dienone is 10. The molecule has 3 heteroatoms. The molecule has 0 bridgehead atoms. The molecule has 3 aliphatic carbocycles. The van der Waals surface area contributed by atoms with Crippen LogP contribution in [0.4, 0.5) is 11.4 Å². The van der Waals surface area contributed by atoms with E-state index in [1.54, 1.807) is 0 Å². The van der Waals surface area contributed by atoms with Crippen molar-refractivity contribution in [2.45, 2.75) is 12.5 Å². The summed E-state index contributed by atoms with van der Waals surface area (Å²) < 4.78 is 0. The van der Waals surface area contributed by atoms with Crippen molar-refractivity contribution in [2.75, 3.05) is 4.90 Å². The summed E-state index contributed by atoms with van der Waals surface area (Å²) in [5.41, 5.74) is 10.8. The fourth-order valence-electron chi connectivity index (χ4n) is 7.85.